The molecule has 6 heteroatoms. The molecular formula is C17H28N4O2. The number of carbonyl (C=O) groups excluding carboxylic acids is 1. The van der Waals surface area contributed by atoms with Gasteiger partial charge in [0.1, 0.15) is 0 Å². The first kappa shape index (κ1) is 19.0. The summed E-state index contributed by atoms with van der Waals surface area (Å²) in [7, 11) is 0. The second kappa shape index (κ2) is 11.5. The van der Waals surface area contributed by atoms with Gasteiger partial charge in [-0.25, -0.2) is 0 Å². The fourth-order valence-corrected chi connectivity index (χ4v) is 1.99. The summed E-state index contributed by atoms with van der Waals surface area (Å²) in [4.78, 5) is 15.4. The molecule has 0 saturated heterocycles. The van der Waals surface area contributed by atoms with E-state index >= 15 is 0 Å². The Morgan fingerprint density at radius 3 is 2.52 bits per heavy atom. The number of nitrogens with one attached hydrogen (secondary N) is 3. The first-order chi connectivity index (χ1) is 11.2. The van der Waals surface area contributed by atoms with Crippen molar-refractivity contribution in [2.75, 3.05) is 38.2 Å². The molecule has 0 spiro atoms. The SMILES string of the molecule is CCNC(=NCCOCC)NCCc1ccc(NC(C)=O)cc1. The van der Waals surface area contributed by atoms with Crippen molar-refractivity contribution in [2.24, 2.45) is 4.99 Å². The molecule has 1 rings (SSSR count). The summed E-state index contributed by atoms with van der Waals surface area (Å²) in [6.07, 6.45) is 0.885. The number of aliphatic imine (C=N–C) groups is 1. The maximum atomic E-state index is 11.0. The molecule has 0 aliphatic carbocycles. The zero-order valence-electron chi connectivity index (χ0n) is 14.3. The molecule has 0 atom stereocenters. The van der Waals surface area contributed by atoms with Crippen LogP contribution in [-0.4, -0.2) is 44.7 Å². The molecule has 0 aliphatic rings. The highest BCUT2D eigenvalue weighted by Crippen LogP contribution is 2.09. The number of carbonyl (C=O) groups is 1. The number of rotatable bonds is 9. The molecule has 0 radical (unpaired) electrons. The van der Waals surface area contributed by atoms with Gasteiger partial charge >= 0.3 is 0 Å². The van der Waals surface area contributed by atoms with Gasteiger partial charge in [-0.3, -0.25) is 9.79 Å². The van der Waals surface area contributed by atoms with Gasteiger partial charge < -0.3 is 20.7 Å². The highest BCUT2D eigenvalue weighted by molar-refractivity contribution is 5.88. The molecule has 0 saturated carbocycles. The molecule has 6 nitrogen and oxygen atoms in total. The highest BCUT2D eigenvalue weighted by atomic mass is 16.5. The average Bonchev–Trinajstić information content (AvgIpc) is 2.52. The Morgan fingerprint density at radius 2 is 1.91 bits per heavy atom. The predicted molar refractivity (Wildman–Crippen MR) is 94.9 cm³/mol. The van der Waals surface area contributed by atoms with Crippen LogP contribution in [0.15, 0.2) is 29.3 Å². The highest BCUT2D eigenvalue weighted by Gasteiger charge is 1.99. The van der Waals surface area contributed by atoms with Crippen molar-refractivity contribution in [3.63, 3.8) is 0 Å². The zero-order valence-corrected chi connectivity index (χ0v) is 14.3. The van der Waals surface area contributed by atoms with E-state index in [1.54, 1.807) is 0 Å². The van der Waals surface area contributed by atoms with Gasteiger partial charge in [-0.05, 0) is 38.0 Å². The van der Waals surface area contributed by atoms with Gasteiger partial charge in [0, 0.05) is 32.3 Å². The summed E-state index contributed by atoms with van der Waals surface area (Å²) in [5.41, 5.74) is 2.02. The van der Waals surface area contributed by atoms with Gasteiger partial charge in [-0.1, -0.05) is 12.1 Å². The molecule has 0 bridgehead atoms. The third kappa shape index (κ3) is 8.83. The lowest BCUT2D eigenvalue weighted by Crippen LogP contribution is -2.38. The van der Waals surface area contributed by atoms with Gasteiger partial charge in [-0.2, -0.15) is 0 Å². The minimum atomic E-state index is -0.0574. The van der Waals surface area contributed by atoms with E-state index in [1.807, 2.05) is 38.1 Å². The van der Waals surface area contributed by atoms with E-state index in [0.717, 1.165) is 31.2 Å². The van der Waals surface area contributed by atoms with Crippen molar-refractivity contribution < 1.29 is 9.53 Å². The molecular weight excluding hydrogens is 292 g/mol. The number of amides is 1. The van der Waals surface area contributed by atoms with Crippen LogP contribution in [0, 0.1) is 0 Å². The summed E-state index contributed by atoms with van der Waals surface area (Å²) in [6, 6.07) is 7.87. The van der Waals surface area contributed by atoms with Crippen LogP contribution >= 0.6 is 0 Å². The van der Waals surface area contributed by atoms with Crippen molar-refractivity contribution in [3.05, 3.63) is 29.8 Å². The Hall–Kier alpha value is -2.08. The Bertz CT molecular complexity index is 486. The third-order valence-electron chi connectivity index (χ3n) is 3.03. The van der Waals surface area contributed by atoms with Crippen molar-refractivity contribution in [3.8, 4) is 0 Å². The van der Waals surface area contributed by atoms with Crippen LogP contribution in [-0.2, 0) is 16.0 Å². The Morgan fingerprint density at radius 1 is 1.17 bits per heavy atom. The molecule has 128 valence electrons. The first-order valence-corrected chi connectivity index (χ1v) is 8.12. The number of anilines is 1. The van der Waals surface area contributed by atoms with E-state index in [1.165, 1.54) is 12.5 Å². The fourth-order valence-electron chi connectivity index (χ4n) is 1.99. The lowest BCUT2D eigenvalue weighted by atomic mass is 10.1. The van der Waals surface area contributed by atoms with Gasteiger partial charge in [-0.15, -0.1) is 0 Å². The van der Waals surface area contributed by atoms with Crippen LogP contribution in [0.25, 0.3) is 0 Å². The number of hydrogen-bond acceptors (Lipinski definition) is 3. The lowest BCUT2D eigenvalue weighted by Gasteiger charge is -2.11. The monoisotopic (exact) mass is 320 g/mol. The normalized spacial score (nSPS) is 11.2. The van der Waals surface area contributed by atoms with Crippen LogP contribution in [0.1, 0.15) is 26.3 Å². The molecule has 23 heavy (non-hydrogen) atoms. The van der Waals surface area contributed by atoms with E-state index in [4.69, 9.17) is 4.74 Å². The van der Waals surface area contributed by atoms with Crippen LogP contribution in [0.5, 0.6) is 0 Å². The summed E-state index contributed by atoms with van der Waals surface area (Å²) in [5.74, 6) is 0.750. The second-order valence-corrected chi connectivity index (χ2v) is 5.01. The van der Waals surface area contributed by atoms with Crippen molar-refractivity contribution in [1.82, 2.24) is 10.6 Å². The standard InChI is InChI=1S/C17H28N4O2/c1-4-18-17(20-12-13-23-5-2)19-11-10-15-6-8-16(9-7-15)21-14(3)22/h6-9H,4-5,10-13H2,1-3H3,(H,21,22)(H2,18,19,20). The van der Waals surface area contributed by atoms with Gasteiger partial charge in [0.05, 0.1) is 13.2 Å². The fraction of sp³-hybridized carbons (Fsp3) is 0.529. The predicted octanol–water partition coefficient (Wildman–Crippen LogP) is 1.78. The molecule has 1 aromatic rings. The Labute approximate surface area is 138 Å². The number of ether oxygens (including phenoxy) is 1. The summed E-state index contributed by atoms with van der Waals surface area (Å²) in [6.45, 7) is 9.14. The molecule has 0 aromatic heterocycles. The van der Waals surface area contributed by atoms with E-state index in [9.17, 15) is 4.79 Å². The van der Waals surface area contributed by atoms with Crippen molar-refractivity contribution in [1.29, 1.82) is 0 Å². The quantitative estimate of drug-likeness (QED) is 0.368. The molecule has 0 aliphatic heterocycles. The number of hydrogen-bond donors (Lipinski definition) is 3. The van der Waals surface area contributed by atoms with Crippen LogP contribution in [0.3, 0.4) is 0 Å². The van der Waals surface area contributed by atoms with E-state index in [0.29, 0.717) is 19.8 Å². The number of guanidine groups is 1. The van der Waals surface area contributed by atoms with Gasteiger partial charge in [0.25, 0.3) is 0 Å². The summed E-state index contributed by atoms with van der Waals surface area (Å²) >= 11 is 0. The molecule has 3 N–H and O–H groups in total. The van der Waals surface area contributed by atoms with E-state index < -0.39 is 0 Å². The molecule has 1 amide bonds. The first-order valence-electron chi connectivity index (χ1n) is 8.12. The average molecular weight is 320 g/mol. The summed E-state index contributed by atoms with van der Waals surface area (Å²) in [5, 5.41) is 9.28. The molecule has 1 aromatic carbocycles. The van der Waals surface area contributed by atoms with Crippen LogP contribution in [0.4, 0.5) is 5.69 Å². The third-order valence-corrected chi connectivity index (χ3v) is 3.03. The minimum Gasteiger partial charge on any atom is -0.380 e. The van der Waals surface area contributed by atoms with Crippen molar-refractivity contribution in [2.45, 2.75) is 27.2 Å². The molecule has 0 fully saturated rings. The molecule has 0 unspecified atom stereocenters. The van der Waals surface area contributed by atoms with Crippen LogP contribution < -0.4 is 16.0 Å². The largest absolute Gasteiger partial charge is 0.380 e. The van der Waals surface area contributed by atoms with Gasteiger partial charge in [0.15, 0.2) is 5.96 Å². The van der Waals surface area contributed by atoms with E-state index in [-0.39, 0.29) is 5.91 Å². The topological polar surface area (TPSA) is 74.8 Å². The number of benzene rings is 1. The van der Waals surface area contributed by atoms with Gasteiger partial charge in [0.2, 0.25) is 5.91 Å². The van der Waals surface area contributed by atoms with Crippen LogP contribution in [0.2, 0.25) is 0 Å². The lowest BCUT2D eigenvalue weighted by molar-refractivity contribution is -0.114. The number of nitrogens with zero attached hydrogens (tertiary/aromatic N) is 1. The van der Waals surface area contributed by atoms with E-state index in [2.05, 4.69) is 20.9 Å². The van der Waals surface area contributed by atoms with Crippen molar-refractivity contribution >= 4 is 17.6 Å². The molecule has 0 heterocycles. The Kier molecular flexibility index (Phi) is 9.47. The zero-order chi connectivity index (χ0) is 16.9. The maximum Gasteiger partial charge on any atom is 0.221 e. The Balaban J connectivity index is 2.38. The smallest absolute Gasteiger partial charge is 0.221 e. The minimum absolute atomic E-state index is 0.0574. The maximum absolute atomic E-state index is 11.0. The summed E-state index contributed by atoms with van der Waals surface area (Å²) < 4.78 is 5.28. The second-order valence-electron chi connectivity index (χ2n) is 5.01.